The molecule has 4 rings (SSSR count). The molecule has 2 aromatic rings. The monoisotopic (exact) mass is 496 g/mol. The SMILES string of the molecule is Cc1cc(N)ccc1N1CCC(N(C)C)CC1.Cc1cc([N+](=O)[O-])ccc1N1CCC(N(C)C)CC1. The number of non-ortho nitro benzene ring substituents is 1. The van der Waals surface area contributed by atoms with Crippen LogP contribution in [0.25, 0.3) is 0 Å². The van der Waals surface area contributed by atoms with Crippen molar-refractivity contribution in [1.29, 1.82) is 0 Å². The van der Waals surface area contributed by atoms with E-state index in [1.807, 2.05) is 19.1 Å². The molecule has 36 heavy (non-hydrogen) atoms. The van der Waals surface area contributed by atoms with Crippen molar-refractivity contribution < 1.29 is 4.92 Å². The lowest BCUT2D eigenvalue weighted by Gasteiger charge is -2.37. The summed E-state index contributed by atoms with van der Waals surface area (Å²) in [5.41, 5.74) is 11.6. The molecule has 0 aromatic heterocycles. The van der Waals surface area contributed by atoms with Gasteiger partial charge in [-0.15, -0.1) is 0 Å². The van der Waals surface area contributed by atoms with Gasteiger partial charge in [-0.05, 0) is 103 Å². The van der Waals surface area contributed by atoms with E-state index in [2.05, 4.69) is 66.8 Å². The molecule has 2 N–H and O–H groups in total. The summed E-state index contributed by atoms with van der Waals surface area (Å²) < 4.78 is 0. The number of anilines is 3. The molecule has 0 amide bonds. The molecule has 2 aliphatic rings. The van der Waals surface area contributed by atoms with Crippen molar-refractivity contribution in [3.05, 3.63) is 57.6 Å². The van der Waals surface area contributed by atoms with Crippen molar-refractivity contribution in [3.8, 4) is 0 Å². The van der Waals surface area contributed by atoms with Gasteiger partial charge in [0.15, 0.2) is 0 Å². The lowest BCUT2D eigenvalue weighted by molar-refractivity contribution is -0.384. The molecule has 8 nitrogen and oxygen atoms in total. The van der Waals surface area contributed by atoms with Gasteiger partial charge in [0.2, 0.25) is 0 Å². The molecule has 8 heteroatoms. The molecule has 2 aliphatic heterocycles. The maximum Gasteiger partial charge on any atom is 0.269 e. The number of hydrogen-bond acceptors (Lipinski definition) is 7. The van der Waals surface area contributed by atoms with Crippen LogP contribution in [0.2, 0.25) is 0 Å². The molecule has 2 aromatic carbocycles. The first kappa shape index (κ1) is 27.7. The molecule has 2 heterocycles. The van der Waals surface area contributed by atoms with Crippen LogP contribution in [0, 0.1) is 24.0 Å². The first-order chi connectivity index (χ1) is 17.1. The number of nitrogen functional groups attached to an aromatic ring is 1. The fourth-order valence-corrected chi connectivity index (χ4v) is 5.39. The predicted octanol–water partition coefficient (Wildman–Crippen LogP) is 4.54. The Morgan fingerprint density at radius 3 is 1.56 bits per heavy atom. The Morgan fingerprint density at radius 1 is 0.778 bits per heavy atom. The van der Waals surface area contributed by atoms with E-state index in [0.717, 1.165) is 62.0 Å². The molecule has 198 valence electrons. The molecule has 0 radical (unpaired) electrons. The van der Waals surface area contributed by atoms with Crippen molar-refractivity contribution in [3.63, 3.8) is 0 Å². The number of nitro groups is 1. The number of hydrogen-bond donors (Lipinski definition) is 1. The highest BCUT2D eigenvalue weighted by atomic mass is 16.6. The minimum absolute atomic E-state index is 0.171. The second-order valence-electron chi connectivity index (χ2n) is 10.6. The van der Waals surface area contributed by atoms with Gasteiger partial charge in [0.05, 0.1) is 4.92 Å². The zero-order valence-corrected chi connectivity index (χ0v) is 22.9. The van der Waals surface area contributed by atoms with E-state index in [1.165, 1.54) is 24.1 Å². The number of piperidine rings is 2. The van der Waals surface area contributed by atoms with Crippen molar-refractivity contribution in [2.24, 2.45) is 0 Å². The maximum absolute atomic E-state index is 10.7. The van der Waals surface area contributed by atoms with Crippen LogP contribution in [0.15, 0.2) is 36.4 Å². The van der Waals surface area contributed by atoms with E-state index >= 15 is 0 Å². The molecule has 0 unspecified atom stereocenters. The third kappa shape index (κ3) is 7.11. The minimum atomic E-state index is -0.338. The first-order valence-corrected chi connectivity index (χ1v) is 13.0. The standard InChI is InChI=1S/C14H21N3O2.C14H23N3/c1-11-10-13(17(18)19)4-5-14(11)16-8-6-12(7-9-16)15(2)3;1-11-10-12(15)4-5-14(11)17-8-6-13(7-9-17)16(2)3/h4-5,10,12H,6-9H2,1-3H3;4-5,10,13H,6-9,15H2,1-3H3. The summed E-state index contributed by atoms with van der Waals surface area (Å²) in [7, 11) is 8.60. The summed E-state index contributed by atoms with van der Waals surface area (Å²) in [6.45, 7) is 8.41. The van der Waals surface area contributed by atoms with E-state index < -0.39 is 0 Å². The Labute approximate surface area is 216 Å². The Hall–Kier alpha value is -2.84. The fourth-order valence-electron chi connectivity index (χ4n) is 5.39. The summed E-state index contributed by atoms with van der Waals surface area (Å²) in [6.07, 6.45) is 4.78. The van der Waals surface area contributed by atoms with Crippen LogP contribution < -0.4 is 15.5 Å². The third-order valence-electron chi connectivity index (χ3n) is 7.68. The van der Waals surface area contributed by atoms with E-state index in [-0.39, 0.29) is 10.6 Å². The Morgan fingerprint density at radius 2 is 1.19 bits per heavy atom. The second-order valence-corrected chi connectivity index (χ2v) is 10.6. The number of benzene rings is 2. The Bertz CT molecular complexity index is 1010. The zero-order chi connectivity index (χ0) is 26.4. The van der Waals surface area contributed by atoms with Crippen LogP contribution in [0.1, 0.15) is 36.8 Å². The lowest BCUT2D eigenvalue weighted by Crippen LogP contribution is -2.42. The molecular formula is C28H44N6O2. The molecule has 0 atom stereocenters. The van der Waals surface area contributed by atoms with Gasteiger partial charge in [0.25, 0.3) is 5.69 Å². The number of nitro benzene ring substituents is 1. The summed E-state index contributed by atoms with van der Waals surface area (Å²) in [5.74, 6) is 0. The average Bonchev–Trinajstić information content (AvgIpc) is 2.84. The predicted molar refractivity (Wildman–Crippen MR) is 151 cm³/mol. The summed E-state index contributed by atoms with van der Waals surface area (Å²) in [4.78, 5) is 19.8. The number of nitrogens with two attached hydrogens (primary N) is 1. The van der Waals surface area contributed by atoms with Crippen LogP contribution in [-0.2, 0) is 0 Å². The van der Waals surface area contributed by atoms with Gasteiger partial charge in [-0.3, -0.25) is 10.1 Å². The van der Waals surface area contributed by atoms with Crippen LogP contribution in [0.3, 0.4) is 0 Å². The van der Waals surface area contributed by atoms with Gasteiger partial charge in [-0.2, -0.15) is 0 Å². The third-order valence-corrected chi connectivity index (χ3v) is 7.68. The average molecular weight is 497 g/mol. The van der Waals surface area contributed by atoms with E-state index in [4.69, 9.17) is 5.73 Å². The van der Waals surface area contributed by atoms with Gasteiger partial charge in [-0.1, -0.05) is 0 Å². The topological polar surface area (TPSA) is 82.1 Å². The molecule has 2 fully saturated rings. The number of aryl methyl sites for hydroxylation is 2. The van der Waals surface area contributed by atoms with E-state index in [0.29, 0.717) is 6.04 Å². The van der Waals surface area contributed by atoms with Gasteiger partial charge < -0.3 is 25.3 Å². The smallest absolute Gasteiger partial charge is 0.269 e. The molecule has 0 aliphatic carbocycles. The fraction of sp³-hybridized carbons (Fsp3) is 0.571. The number of rotatable bonds is 5. The molecule has 2 saturated heterocycles. The van der Waals surface area contributed by atoms with Gasteiger partial charge in [0.1, 0.15) is 0 Å². The van der Waals surface area contributed by atoms with Gasteiger partial charge in [-0.25, -0.2) is 0 Å². The van der Waals surface area contributed by atoms with Gasteiger partial charge >= 0.3 is 0 Å². The Kier molecular flexibility index (Phi) is 9.56. The number of nitrogens with zero attached hydrogens (tertiary/aromatic N) is 5. The van der Waals surface area contributed by atoms with Crippen molar-refractivity contribution in [1.82, 2.24) is 9.80 Å². The largest absolute Gasteiger partial charge is 0.399 e. The van der Waals surface area contributed by atoms with Crippen LogP contribution in [0.4, 0.5) is 22.7 Å². The molecule has 0 spiro atoms. The van der Waals surface area contributed by atoms with Crippen LogP contribution >= 0.6 is 0 Å². The van der Waals surface area contributed by atoms with Gasteiger partial charge in [0, 0.05) is 67.5 Å². The van der Waals surface area contributed by atoms with Crippen molar-refractivity contribution in [2.75, 3.05) is 69.9 Å². The zero-order valence-electron chi connectivity index (χ0n) is 22.9. The quantitative estimate of drug-likeness (QED) is 0.370. The lowest BCUT2D eigenvalue weighted by atomic mass is 10.0. The van der Waals surface area contributed by atoms with Crippen LogP contribution in [-0.4, -0.2) is 81.2 Å². The van der Waals surface area contributed by atoms with E-state index in [1.54, 1.807) is 12.1 Å². The highest BCUT2D eigenvalue weighted by Crippen LogP contribution is 2.28. The molecular weight excluding hydrogens is 452 g/mol. The first-order valence-electron chi connectivity index (χ1n) is 13.0. The molecule has 0 saturated carbocycles. The summed E-state index contributed by atoms with van der Waals surface area (Å²) in [6, 6.07) is 12.7. The van der Waals surface area contributed by atoms with E-state index in [9.17, 15) is 10.1 Å². The molecule has 0 bridgehead atoms. The highest BCUT2D eigenvalue weighted by Gasteiger charge is 2.23. The highest BCUT2D eigenvalue weighted by molar-refractivity contribution is 5.59. The Balaban J connectivity index is 0.000000202. The maximum atomic E-state index is 10.7. The minimum Gasteiger partial charge on any atom is -0.399 e. The van der Waals surface area contributed by atoms with Crippen molar-refractivity contribution >= 4 is 22.7 Å². The van der Waals surface area contributed by atoms with Crippen LogP contribution in [0.5, 0.6) is 0 Å². The summed E-state index contributed by atoms with van der Waals surface area (Å²) >= 11 is 0. The second kappa shape index (κ2) is 12.4. The normalized spacial score (nSPS) is 17.3. The van der Waals surface area contributed by atoms with Crippen molar-refractivity contribution in [2.45, 2.75) is 51.6 Å². The summed E-state index contributed by atoms with van der Waals surface area (Å²) in [5, 5.41) is 10.7.